The van der Waals surface area contributed by atoms with Gasteiger partial charge in [-0.05, 0) is 83.5 Å². The predicted octanol–water partition coefficient (Wildman–Crippen LogP) is 15.6. The summed E-state index contributed by atoms with van der Waals surface area (Å²) in [4.78, 5) is 37.8. The van der Waals surface area contributed by atoms with Gasteiger partial charge in [0.1, 0.15) is 13.2 Å². The van der Waals surface area contributed by atoms with Gasteiger partial charge >= 0.3 is 17.9 Å². The van der Waals surface area contributed by atoms with Crippen LogP contribution in [0, 0.1) is 0 Å². The monoisotopic (exact) mass is 821 g/mol. The largest absolute Gasteiger partial charge is 0.462 e. The standard InChI is InChI=1S/C53H88O6/c1-4-7-10-13-16-19-22-24-26-28-31-34-37-40-43-46-52(55)58-49-50(48-57-51(54)45-42-39-36-33-30-21-18-15-12-9-6-3)59-53(56)47-44-41-38-35-32-29-27-25-23-20-17-14-11-8-5-2/h7,10,13,15-20,22-26,50H,4-6,8-9,11-12,14,21,27-49H2,1-3H3/b10-7-,16-13-,18-15-,20-17-,22-19-,25-23-,26-24-. The number of allylic oxidation sites excluding steroid dienone is 14. The van der Waals surface area contributed by atoms with Crippen molar-refractivity contribution < 1.29 is 28.6 Å². The van der Waals surface area contributed by atoms with E-state index < -0.39 is 6.10 Å². The van der Waals surface area contributed by atoms with Crippen LogP contribution >= 0.6 is 0 Å². The maximum absolute atomic E-state index is 12.8. The highest BCUT2D eigenvalue weighted by Gasteiger charge is 2.19. The molecule has 6 nitrogen and oxygen atoms in total. The summed E-state index contributed by atoms with van der Waals surface area (Å²) in [6, 6.07) is 0. The summed E-state index contributed by atoms with van der Waals surface area (Å²) in [6.07, 6.45) is 59.8. The van der Waals surface area contributed by atoms with E-state index in [-0.39, 0.29) is 31.1 Å². The summed E-state index contributed by atoms with van der Waals surface area (Å²) < 4.78 is 16.7. The Labute approximate surface area is 363 Å². The van der Waals surface area contributed by atoms with Crippen LogP contribution in [-0.2, 0) is 28.6 Å². The minimum absolute atomic E-state index is 0.0947. The maximum Gasteiger partial charge on any atom is 0.306 e. The first-order valence-corrected chi connectivity index (χ1v) is 24.2. The van der Waals surface area contributed by atoms with Crippen molar-refractivity contribution in [2.24, 2.45) is 0 Å². The molecule has 0 radical (unpaired) electrons. The van der Waals surface area contributed by atoms with Crippen LogP contribution in [0.5, 0.6) is 0 Å². The van der Waals surface area contributed by atoms with Crippen molar-refractivity contribution in [1.29, 1.82) is 0 Å². The molecule has 0 bridgehead atoms. The zero-order valence-corrected chi connectivity index (χ0v) is 38.2. The molecule has 0 fully saturated rings. The zero-order valence-electron chi connectivity index (χ0n) is 38.2. The average Bonchev–Trinajstić information content (AvgIpc) is 3.23. The highest BCUT2D eigenvalue weighted by molar-refractivity contribution is 5.71. The van der Waals surface area contributed by atoms with Crippen molar-refractivity contribution in [1.82, 2.24) is 0 Å². The molecule has 0 saturated carbocycles. The number of ether oxygens (including phenoxy) is 3. The second-order valence-corrected chi connectivity index (χ2v) is 15.8. The van der Waals surface area contributed by atoms with Crippen molar-refractivity contribution in [3.63, 3.8) is 0 Å². The van der Waals surface area contributed by atoms with E-state index in [1.807, 2.05) is 18.2 Å². The molecule has 0 aromatic carbocycles. The molecule has 0 aliphatic carbocycles. The summed E-state index contributed by atoms with van der Waals surface area (Å²) in [5.74, 6) is -0.944. The van der Waals surface area contributed by atoms with Crippen LogP contribution in [0.25, 0.3) is 0 Å². The summed E-state index contributed by atoms with van der Waals surface area (Å²) in [5.41, 5.74) is 0. The van der Waals surface area contributed by atoms with Crippen LogP contribution in [-0.4, -0.2) is 37.2 Å². The minimum Gasteiger partial charge on any atom is -0.462 e. The molecule has 336 valence electrons. The van der Waals surface area contributed by atoms with Crippen LogP contribution in [0.4, 0.5) is 0 Å². The molecule has 0 aromatic heterocycles. The fourth-order valence-corrected chi connectivity index (χ4v) is 6.30. The highest BCUT2D eigenvalue weighted by atomic mass is 16.6. The van der Waals surface area contributed by atoms with Gasteiger partial charge < -0.3 is 14.2 Å². The summed E-state index contributed by atoms with van der Waals surface area (Å²) in [6.45, 7) is 6.38. The lowest BCUT2D eigenvalue weighted by Crippen LogP contribution is -2.30. The van der Waals surface area contributed by atoms with E-state index >= 15 is 0 Å². The molecule has 0 spiro atoms. The Bertz CT molecular complexity index is 1170. The summed E-state index contributed by atoms with van der Waals surface area (Å²) >= 11 is 0. The number of carbonyl (C=O) groups is 3. The van der Waals surface area contributed by atoms with Gasteiger partial charge in [-0.25, -0.2) is 0 Å². The molecule has 1 unspecified atom stereocenters. The Kier molecular flexibility index (Phi) is 44.5. The van der Waals surface area contributed by atoms with E-state index in [2.05, 4.69) is 87.6 Å². The quantitative estimate of drug-likeness (QED) is 0.0201. The normalized spacial score (nSPS) is 12.8. The number of hydrogen-bond acceptors (Lipinski definition) is 6. The number of rotatable bonds is 42. The van der Waals surface area contributed by atoms with E-state index in [0.29, 0.717) is 19.3 Å². The fraction of sp³-hybridized carbons (Fsp3) is 0.679. The Morgan fingerprint density at radius 1 is 0.356 bits per heavy atom. The number of esters is 3. The topological polar surface area (TPSA) is 78.9 Å². The fourth-order valence-electron chi connectivity index (χ4n) is 6.30. The smallest absolute Gasteiger partial charge is 0.306 e. The second kappa shape index (κ2) is 47.3. The molecule has 59 heavy (non-hydrogen) atoms. The van der Waals surface area contributed by atoms with E-state index in [1.54, 1.807) is 0 Å². The third-order valence-corrected chi connectivity index (χ3v) is 9.98. The van der Waals surface area contributed by atoms with Crippen LogP contribution in [0.15, 0.2) is 85.1 Å². The molecular formula is C53H88O6. The maximum atomic E-state index is 12.8. The lowest BCUT2D eigenvalue weighted by atomic mass is 10.1. The number of hydrogen-bond donors (Lipinski definition) is 0. The van der Waals surface area contributed by atoms with Gasteiger partial charge in [0, 0.05) is 19.3 Å². The van der Waals surface area contributed by atoms with Crippen molar-refractivity contribution in [3.05, 3.63) is 85.1 Å². The lowest BCUT2D eigenvalue weighted by Gasteiger charge is -2.18. The molecule has 6 heteroatoms. The first-order chi connectivity index (χ1) is 29.0. The highest BCUT2D eigenvalue weighted by Crippen LogP contribution is 2.13. The molecule has 0 aliphatic rings. The second-order valence-electron chi connectivity index (χ2n) is 15.8. The van der Waals surface area contributed by atoms with Crippen LogP contribution in [0.1, 0.15) is 213 Å². The predicted molar refractivity (Wildman–Crippen MR) is 251 cm³/mol. The Hall–Kier alpha value is -3.41. The van der Waals surface area contributed by atoms with Crippen molar-refractivity contribution in [2.75, 3.05) is 13.2 Å². The van der Waals surface area contributed by atoms with E-state index in [9.17, 15) is 14.4 Å². The number of carbonyl (C=O) groups excluding carboxylic acids is 3. The van der Waals surface area contributed by atoms with Gasteiger partial charge in [0.05, 0.1) is 0 Å². The molecule has 0 aliphatic heterocycles. The van der Waals surface area contributed by atoms with Crippen LogP contribution in [0.3, 0.4) is 0 Å². The van der Waals surface area contributed by atoms with Gasteiger partial charge in [-0.1, -0.05) is 196 Å². The van der Waals surface area contributed by atoms with Gasteiger partial charge in [0.15, 0.2) is 6.10 Å². The first kappa shape index (κ1) is 55.6. The average molecular weight is 821 g/mol. The summed E-state index contributed by atoms with van der Waals surface area (Å²) in [7, 11) is 0. The third-order valence-electron chi connectivity index (χ3n) is 9.98. The molecular weight excluding hydrogens is 733 g/mol. The molecule has 0 N–H and O–H groups in total. The van der Waals surface area contributed by atoms with Gasteiger partial charge in [-0.3, -0.25) is 14.4 Å². The molecule has 0 aromatic rings. The van der Waals surface area contributed by atoms with Gasteiger partial charge in [-0.2, -0.15) is 0 Å². The first-order valence-electron chi connectivity index (χ1n) is 24.2. The van der Waals surface area contributed by atoms with Crippen molar-refractivity contribution in [2.45, 2.75) is 219 Å². The Balaban J connectivity index is 4.46. The zero-order chi connectivity index (χ0) is 43.0. The number of unbranched alkanes of at least 4 members (excludes halogenated alkanes) is 21. The van der Waals surface area contributed by atoms with Gasteiger partial charge in [0.25, 0.3) is 0 Å². The Morgan fingerprint density at radius 2 is 0.695 bits per heavy atom. The summed E-state index contributed by atoms with van der Waals surface area (Å²) in [5, 5.41) is 0. The SMILES string of the molecule is CC\C=C/C=C\C=C/C=C\CCCCCCCC(=O)OCC(COC(=O)CCCCCCC/C=C\CCCC)OC(=O)CCCCCCCC/C=C\C=C/CCCCC. The molecule has 0 amide bonds. The van der Waals surface area contributed by atoms with E-state index in [4.69, 9.17) is 14.2 Å². The molecule has 0 rings (SSSR count). The third kappa shape index (κ3) is 45.5. The minimum atomic E-state index is -0.795. The lowest BCUT2D eigenvalue weighted by molar-refractivity contribution is -0.167. The molecule has 0 saturated heterocycles. The van der Waals surface area contributed by atoms with Crippen molar-refractivity contribution >= 4 is 17.9 Å². The van der Waals surface area contributed by atoms with Gasteiger partial charge in [-0.15, -0.1) is 0 Å². The molecule has 0 heterocycles. The van der Waals surface area contributed by atoms with Crippen LogP contribution < -0.4 is 0 Å². The van der Waals surface area contributed by atoms with E-state index in [0.717, 1.165) is 109 Å². The van der Waals surface area contributed by atoms with E-state index in [1.165, 1.54) is 64.2 Å². The van der Waals surface area contributed by atoms with Gasteiger partial charge in [0.2, 0.25) is 0 Å². The molecule has 1 atom stereocenters. The van der Waals surface area contributed by atoms with Crippen LogP contribution in [0.2, 0.25) is 0 Å². The Morgan fingerprint density at radius 3 is 1.15 bits per heavy atom. The van der Waals surface area contributed by atoms with Crippen molar-refractivity contribution in [3.8, 4) is 0 Å².